The highest BCUT2D eigenvalue weighted by atomic mass is 16.3. The Morgan fingerprint density at radius 3 is 2.67 bits per heavy atom. The van der Waals surface area contributed by atoms with Crippen molar-refractivity contribution in [3.63, 3.8) is 0 Å². The number of likely N-dealkylation sites (tertiary alicyclic amines) is 1. The predicted octanol–water partition coefficient (Wildman–Crippen LogP) is 4.72. The molecule has 1 aromatic heterocycles. The van der Waals surface area contributed by atoms with Crippen molar-refractivity contribution in [2.45, 2.75) is 45.2 Å². The second kappa shape index (κ2) is 12.2. The molecule has 5 rings (SSSR count). The van der Waals surface area contributed by atoms with E-state index in [4.69, 9.17) is 10.1 Å². The van der Waals surface area contributed by atoms with Crippen LogP contribution >= 0.6 is 0 Å². The lowest BCUT2D eigenvalue weighted by atomic mass is 9.96. The molecule has 1 amide bonds. The first kappa shape index (κ1) is 26.5. The summed E-state index contributed by atoms with van der Waals surface area (Å²) in [7, 11) is 0. The second-order valence-electron chi connectivity index (χ2n) is 10.2. The number of nitrogens with zero attached hydrogens (tertiary/aromatic N) is 2. The Labute approximate surface area is 229 Å². The molecule has 39 heavy (non-hydrogen) atoms. The van der Waals surface area contributed by atoms with E-state index in [9.17, 15) is 9.90 Å². The summed E-state index contributed by atoms with van der Waals surface area (Å²) in [4.78, 5) is 22.6. The fourth-order valence-electron chi connectivity index (χ4n) is 4.99. The lowest BCUT2D eigenvalue weighted by Crippen LogP contribution is -2.33. The van der Waals surface area contributed by atoms with Crippen molar-refractivity contribution < 1.29 is 15.0 Å². The Bertz CT molecular complexity index is 1500. The third-order valence-corrected chi connectivity index (χ3v) is 7.04. The smallest absolute Gasteiger partial charge is 0.296 e. The summed E-state index contributed by atoms with van der Waals surface area (Å²) in [5, 5.41) is 23.6. The normalized spacial score (nSPS) is 16.6. The van der Waals surface area contributed by atoms with Crippen molar-refractivity contribution in [3.8, 4) is 17.7 Å². The molecule has 2 aromatic carbocycles. The molecule has 200 valence electrons. The van der Waals surface area contributed by atoms with Crippen LogP contribution in [0.15, 0.2) is 71.3 Å². The van der Waals surface area contributed by atoms with Gasteiger partial charge in [-0.25, -0.2) is 4.99 Å². The van der Waals surface area contributed by atoms with Gasteiger partial charge in [-0.1, -0.05) is 42.3 Å². The van der Waals surface area contributed by atoms with Crippen LogP contribution in [0.4, 0.5) is 5.69 Å². The zero-order valence-corrected chi connectivity index (χ0v) is 22.2. The van der Waals surface area contributed by atoms with E-state index in [0.717, 1.165) is 49.1 Å². The highest BCUT2D eigenvalue weighted by molar-refractivity contribution is 6.23. The number of aromatic amines is 1. The molecule has 3 aromatic rings. The number of carbonyl (C=O) groups excluding carboxylic acids is 1. The molecule has 0 saturated carbocycles. The summed E-state index contributed by atoms with van der Waals surface area (Å²) in [6, 6.07) is 13.5. The standard InChI is InChI=1S/C32H34N4O3/c1-22(21-37)33-29(38)16-12-23-11-15-27-28(19-23)35-32(39)30(27)31(25-7-3-2-4-8-25)34-26-13-9-24(10-14-26)20-36-17-5-6-18-36/h3,7-11,13-15,19,22,35,37,39H,2,4-6,17-18,20-21H2,1H3,(H,33,38)/t22-/m1/s1. The topological polar surface area (TPSA) is 101 Å². The van der Waals surface area contributed by atoms with Crippen molar-refractivity contribution in [1.82, 2.24) is 15.2 Å². The molecular formula is C32H34N4O3. The third-order valence-electron chi connectivity index (χ3n) is 7.04. The van der Waals surface area contributed by atoms with Gasteiger partial charge in [0, 0.05) is 23.4 Å². The summed E-state index contributed by atoms with van der Waals surface area (Å²) < 4.78 is 0. The van der Waals surface area contributed by atoms with Gasteiger partial charge in [0.2, 0.25) is 0 Å². The number of carbonyl (C=O) groups is 1. The van der Waals surface area contributed by atoms with Gasteiger partial charge in [0.05, 0.1) is 35.1 Å². The van der Waals surface area contributed by atoms with Gasteiger partial charge in [-0.15, -0.1) is 0 Å². The highest BCUT2D eigenvalue weighted by Gasteiger charge is 2.20. The first-order chi connectivity index (χ1) is 19.0. The van der Waals surface area contributed by atoms with Crippen LogP contribution < -0.4 is 5.32 Å². The lowest BCUT2D eigenvalue weighted by Gasteiger charge is -2.15. The number of aliphatic hydroxyl groups is 1. The van der Waals surface area contributed by atoms with Crippen molar-refractivity contribution in [2.24, 2.45) is 4.99 Å². The number of amides is 1. The van der Waals surface area contributed by atoms with Crippen LogP contribution in [0.1, 0.15) is 49.3 Å². The molecule has 0 spiro atoms. The molecular weight excluding hydrogens is 488 g/mol. The van der Waals surface area contributed by atoms with E-state index in [1.165, 1.54) is 18.4 Å². The average Bonchev–Trinajstić information content (AvgIpc) is 3.58. The van der Waals surface area contributed by atoms with E-state index < -0.39 is 5.91 Å². The number of fused-ring (bicyclic) bond motifs is 1. The van der Waals surface area contributed by atoms with E-state index in [0.29, 0.717) is 22.4 Å². The molecule has 0 radical (unpaired) electrons. The van der Waals surface area contributed by atoms with Gasteiger partial charge < -0.3 is 20.5 Å². The van der Waals surface area contributed by atoms with Gasteiger partial charge in [-0.2, -0.15) is 0 Å². The van der Waals surface area contributed by atoms with E-state index in [-0.39, 0.29) is 18.5 Å². The Hall–Kier alpha value is -4.12. The number of rotatable bonds is 7. The van der Waals surface area contributed by atoms with Crippen molar-refractivity contribution in [2.75, 3.05) is 19.7 Å². The second-order valence-corrected chi connectivity index (χ2v) is 10.2. The van der Waals surface area contributed by atoms with Gasteiger partial charge in [-0.3, -0.25) is 9.69 Å². The van der Waals surface area contributed by atoms with Crippen LogP contribution in [0.5, 0.6) is 5.88 Å². The summed E-state index contributed by atoms with van der Waals surface area (Å²) in [6.45, 7) is 4.83. The molecule has 2 heterocycles. The van der Waals surface area contributed by atoms with Crippen LogP contribution in [-0.2, 0) is 11.3 Å². The molecule has 4 N–H and O–H groups in total. The minimum atomic E-state index is -0.455. The van der Waals surface area contributed by atoms with E-state index in [1.807, 2.05) is 30.3 Å². The zero-order valence-electron chi connectivity index (χ0n) is 22.2. The first-order valence-electron chi connectivity index (χ1n) is 13.6. The molecule has 1 aliphatic heterocycles. The van der Waals surface area contributed by atoms with Gasteiger partial charge in [0.1, 0.15) is 0 Å². The Morgan fingerprint density at radius 2 is 1.95 bits per heavy atom. The number of aliphatic hydroxyl groups excluding tert-OH is 1. The number of aromatic nitrogens is 1. The zero-order chi connectivity index (χ0) is 27.2. The largest absolute Gasteiger partial charge is 0.494 e. The third kappa shape index (κ3) is 6.48. The lowest BCUT2D eigenvalue weighted by molar-refractivity contribution is -0.116. The van der Waals surface area contributed by atoms with Crippen LogP contribution in [-0.4, -0.2) is 57.5 Å². The van der Waals surface area contributed by atoms with Gasteiger partial charge in [-0.05, 0) is 81.1 Å². The van der Waals surface area contributed by atoms with Crippen molar-refractivity contribution in [3.05, 3.63) is 83.0 Å². The maximum absolute atomic E-state index is 12.0. The Kier molecular flexibility index (Phi) is 8.26. The van der Waals surface area contributed by atoms with Gasteiger partial charge >= 0.3 is 0 Å². The fourth-order valence-corrected chi connectivity index (χ4v) is 4.99. The number of allylic oxidation sites excluding steroid dienone is 4. The molecule has 7 nitrogen and oxygen atoms in total. The van der Waals surface area contributed by atoms with Gasteiger partial charge in [0.15, 0.2) is 5.88 Å². The maximum Gasteiger partial charge on any atom is 0.296 e. The molecule has 0 unspecified atom stereocenters. The number of benzene rings is 2. The number of aliphatic imine (C=N–C) groups is 1. The van der Waals surface area contributed by atoms with Crippen LogP contribution in [0.3, 0.4) is 0 Å². The molecule has 2 aliphatic rings. The minimum Gasteiger partial charge on any atom is -0.494 e. The molecule has 1 saturated heterocycles. The SMILES string of the molecule is C[C@H](CO)NC(=O)C#Cc1ccc2c(C(=Nc3ccc(CN4CCCC4)cc3)C3=CCCC=C3)c(O)[nH]c2c1. The number of hydrogen-bond donors (Lipinski definition) is 4. The monoisotopic (exact) mass is 522 g/mol. The van der Waals surface area contributed by atoms with Crippen molar-refractivity contribution >= 4 is 28.2 Å². The van der Waals surface area contributed by atoms with Crippen LogP contribution in [0.2, 0.25) is 0 Å². The molecule has 1 atom stereocenters. The van der Waals surface area contributed by atoms with E-state index >= 15 is 0 Å². The molecule has 0 bridgehead atoms. The maximum atomic E-state index is 12.0. The van der Waals surface area contributed by atoms with E-state index in [2.05, 4.69) is 57.4 Å². The average molecular weight is 523 g/mol. The summed E-state index contributed by atoms with van der Waals surface area (Å²) in [5.41, 5.74) is 5.75. The van der Waals surface area contributed by atoms with Crippen LogP contribution in [0.25, 0.3) is 10.9 Å². The van der Waals surface area contributed by atoms with Crippen LogP contribution in [0, 0.1) is 11.8 Å². The minimum absolute atomic E-state index is 0.0360. The quantitative estimate of drug-likeness (QED) is 0.267. The summed E-state index contributed by atoms with van der Waals surface area (Å²) >= 11 is 0. The predicted molar refractivity (Wildman–Crippen MR) is 155 cm³/mol. The van der Waals surface area contributed by atoms with E-state index in [1.54, 1.807) is 6.92 Å². The number of hydrogen-bond acceptors (Lipinski definition) is 5. The number of nitrogens with one attached hydrogen (secondary N) is 2. The Balaban J connectivity index is 1.47. The Morgan fingerprint density at radius 1 is 1.15 bits per heavy atom. The van der Waals surface area contributed by atoms with Gasteiger partial charge in [0.25, 0.3) is 5.91 Å². The fraction of sp³-hybridized carbons (Fsp3) is 0.312. The first-order valence-corrected chi connectivity index (χ1v) is 13.6. The summed E-state index contributed by atoms with van der Waals surface area (Å²) in [5.74, 6) is 4.99. The summed E-state index contributed by atoms with van der Waals surface area (Å²) in [6.07, 6.45) is 10.8. The molecule has 1 fully saturated rings. The van der Waals surface area contributed by atoms with Crippen molar-refractivity contribution in [1.29, 1.82) is 0 Å². The highest BCUT2D eigenvalue weighted by Crippen LogP contribution is 2.33. The number of aromatic hydroxyl groups is 1. The number of H-pyrrole nitrogens is 1. The molecule has 7 heteroatoms. The molecule has 1 aliphatic carbocycles.